The van der Waals surface area contributed by atoms with Crippen molar-refractivity contribution in [3.8, 4) is 11.5 Å². The number of oxazole rings is 1. The second-order valence-corrected chi connectivity index (χ2v) is 13.0. The number of rotatable bonds is 8. The number of aromatic nitrogens is 1. The van der Waals surface area contributed by atoms with Gasteiger partial charge in [-0.25, -0.2) is 0 Å². The van der Waals surface area contributed by atoms with Crippen molar-refractivity contribution in [1.82, 2.24) is 4.98 Å². The van der Waals surface area contributed by atoms with Crippen LogP contribution >= 0.6 is 54.6 Å². The van der Waals surface area contributed by atoms with E-state index in [1.807, 2.05) is 24.3 Å². The van der Waals surface area contributed by atoms with Crippen molar-refractivity contribution in [3.63, 3.8) is 0 Å². The van der Waals surface area contributed by atoms with Gasteiger partial charge in [-0.1, -0.05) is 84.9 Å². The van der Waals surface area contributed by atoms with Gasteiger partial charge in [0.05, 0.1) is 0 Å². The lowest BCUT2D eigenvalue weighted by Crippen LogP contribution is -2.40. The zero-order valence-corrected chi connectivity index (χ0v) is 24.7. The first-order valence-corrected chi connectivity index (χ1v) is 14.8. The fourth-order valence-electron chi connectivity index (χ4n) is 4.28. The van der Waals surface area contributed by atoms with E-state index < -0.39 is 7.26 Å². The van der Waals surface area contributed by atoms with E-state index in [0.717, 1.165) is 28.3 Å². The van der Waals surface area contributed by atoms with E-state index in [2.05, 4.69) is 97.9 Å². The smallest absolute Gasteiger partial charge is 0.251 e. The van der Waals surface area contributed by atoms with Crippen molar-refractivity contribution in [1.29, 1.82) is 0 Å². The van der Waals surface area contributed by atoms with Gasteiger partial charge in [-0.3, -0.25) is 0 Å². The molecule has 182 valence electrons. The Hall–Kier alpha value is -2.11. The number of hydrogen-bond donors (Lipinski definition) is 0. The minimum atomic E-state index is -2.34. The first-order valence-electron chi connectivity index (χ1n) is 11.7. The highest BCUT2D eigenvalue weighted by Crippen LogP contribution is 2.56. The second-order valence-electron chi connectivity index (χ2n) is 8.16. The Morgan fingerprint density at radius 1 is 0.722 bits per heavy atom. The van der Waals surface area contributed by atoms with Gasteiger partial charge in [0.1, 0.15) is 15.9 Å². The summed E-state index contributed by atoms with van der Waals surface area (Å²) in [6, 6.07) is 40.1. The lowest BCUT2D eigenvalue weighted by atomic mass is 10.2. The Balaban J connectivity index is 0.00000304. The Kier molecular flexibility index (Phi) is 9.30. The minimum absolute atomic E-state index is 0. The molecule has 0 saturated heterocycles. The Morgan fingerprint density at radius 3 is 1.64 bits per heavy atom. The summed E-state index contributed by atoms with van der Waals surface area (Å²) in [7, 11) is -2.34. The molecular formula is C30H27ClINOPS+. The monoisotopic (exact) mass is 642 g/mol. The van der Waals surface area contributed by atoms with Crippen molar-refractivity contribution in [2.75, 3.05) is 5.75 Å². The molecule has 1 heterocycles. The van der Waals surface area contributed by atoms with E-state index in [1.165, 1.54) is 15.9 Å². The second kappa shape index (κ2) is 12.4. The van der Waals surface area contributed by atoms with Crippen LogP contribution in [0.5, 0.6) is 0 Å². The van der Waals surface area contributed by atoms with Crippen LogP contribution in [0.15, 0.2) is 125 Å². The van der Waals surface area contributed by atoms with Gasteiger partial charge in [0.25, 0.3) is 5.44 Å². The first-order chi connectivity index (χ1) is 17.2. The zero-order chi connectivity index (χ0) is 24.1. The Bertz CT molecular complexity index is 1280. The van der Waals surface area contributed by atoms with Crippen molar-refractivity contribution in [3.05, 3.63) is 120 Å². The number of halogens is 2. The van der Waals surface area contributed by atoms with E-state index in [1.54, 1.807) is 11.8 Å². The summed E-state index contributed by atoms with van der Waals surface area (Å²) in [6.45, 7) is 2.19. The highest BCUT2D eigenvalue weighted by atomic mass is 127. The molecule has 0 spiro atoms. The van der Waals surface area contributed by atoms with Crippen LogP contribution in [-0.2, 0) is 0 Å². The van der Waals surface area contributed by atoms with E-state index in [9.17, 15) is 0 Å². The molecule has 36 heavy (non-hydrogen) atoms. The lowest BCUT2D eigenvalue weighted by molar-refractivity contribution is 0.487. The van der Waals surface area contributed by atoms with Gasteiger partial charge >= 0.3 is 0 Å². The van der Waals surface area contributed by atoms with Crippen LogP contribution in [0, 0.1) is 0 Å². The van der Waals surface area contributed by atoms with Gasteiger partial charge in [0.15, 0.2) is 7.26 Å². The summed E-state index contributed by atoms with van der Waals surface area (Å²) in [5.74, 6) is 1.59. The molecule has 5 rings (SSSR count). The van der Waals surface area contributed by atoms with Crippen LogP contribution in [0.2, 0.25) is 5.02 Å². The first kappa shape index (κ1) is 26.9. The number of nitrogens with zero attached hydrogens (tertiary/aromatic N) is 1. The summed E-state index contributed by atoms with van der Waals surface area (Å²) in [4.78, 5) is 5.28. The van der Waals surface area contributed by atoms with Crippen LogP contribution in [0.1, 0.15) is 13.3 Å². The molecule has 0 radical (unpaired) electrons. The highest BCUT2D eigenvalue weighted by Gasteiger charge is 2.52. The molecule has 0 saturated carbocycles. The van der Waals surface area contributed by atoms with Gasteiger partial charge in [0.2, 0.25) is 11.0 Å². The molecule has 0 amide bonds. The minimum Gasteiger partial charge on any atom is -0.425 e. The predicted octanol–water partition coefficient (Wildman–Crippen LogP) is 7.73. The van der Waals surface area contributed by atoms with Crippen LogP contribution in [0.3, 0.4) is 0 Å². The van der Waals surface area contributed by atoms with Crippen LogP contribution in [-0.4, -0.2) is 10.7 Å². The Labute approximate surface area is 239 Å². The van der Waals surface area contributed by atoms with Gasteiger partial charge in [-0.15, -0.1) is 24.0 Å². The van der Waals surface area contributed by atoms with E-state index in [-0.39, 0.29) is 24.0 Å². The largest absolute Gasteiger partial charge is 0.425 e. The fourth-order valence-corrected chi connectivity index (χ4v) is 9.76. The van der Waals surface area contributed by atoms with Crippen molar-refractivity contribution in [2.24, 2.45) is 0 Å². The number of thioether (sulfide) groups is 1. The molecule has 0 bridgehead atoms. The summed E-state index contributed by atoms with van der Waals surface area (Å²) in [6.07, 6.45) is 1.05. The predicted molar refractivity (Wildman–Crippen MR) is 168 cm³/mol. The maximum atomic E-state index is 6.55. The van der Waals surface area contributed by atoms with Gasteiger partial charge in [0, 0.05) is 16.3 Å². The third kappa shape index (κ3) is 5.28. The van der Waals surface area contributed by atoms with Gasteiger partial charge in [-0.2, -0.15) is 4.98 Å². The molecule has 4 aromatic carbocycles. The van der Waals surface area contributed by atoms with E-state index in [4.69, 9.17) is 21.0 Å². The highest BCUT2D eigenvalue weighted by molar-refractivity contribution is 14.0. The number of hydrogen-bond acceptors (Lipinski definition) is 3. The molecule has 0 aliphatic carbocycles. The molecule has 0 atom stereocenters. The summed E-state index contributed by atoms with van der Waals surface area (Å²) < 4.78 is 6.55. The Morgan fingerprint density at radius 2 is 1.19 bits per heavy atom. The molecule has 6 heteroatoms. The van der Waals surface area contributed by atoms with Crippen LogP contribution in [0.4, 0.5) is 0 Å². The average molecular weight is 643 g/mol. The van der Waals surface area contributed by atoms with E-state index in [0.29, 0.717) is 10.9 Å². The lowest BCUT2D eigenvalue weighted by Gasteiger charge is -2.25. The molecule has 1 aromatic heterocycles. The molecule has 0 aliphatic rings. The average Bonchev–Trinajstić information content (AvgIpc) is 3.34. The van der Waals surface area contributed by atoms with Crippen LogP contribution in [0.25, 0.3) is 11.5 Å². The van der Waals surface area contributed by atoms with Crippen molar-refractivity contribution >= 4 is 76.0 Å². The van der Waals surface area contributed by atoms with Crippen LogP contribution < -0.4 is 21.3 Å². The van der Waals surface area contributed by atoms with Crippen molar-refractivity contribution in [2.45, 2.75) is 18.4 Å². The van der Waals surface area contributed by atoms with E-state index >= 15 is 0 Å². The molecule has 2 nitrogen and oxygen atoms in total. The summed E-state index contributed by atoms with van der Waals surface area (Å²) in [5, 5.41) is 5.35. The molecule has 0 fully saturated rings. The van der Waals surface area contributed by atoms with Gasteiger partial charge in [-0.05, 0) is 67.1 Å². The summed E-state index contributed by atoms with van der Waals surface area (Å²) >= 11 is 7.92. The quantitative estimate of drug-likeness (QED) is 0.0985. The SMILES string of the molecule is CCCSc1oc(-c2ccc(Cl)cc2)nc1[P+](c1ccccc1)(c1ccccc1)c1ccccc1.I. The third-order valence-electron chi connectivity index (χ3n) is 5.86. The zero-order valence-electron chi connectivity index (χ0n) is 19.9. The molecule has 0 N–H and O–H groups in total. The fraction of sp³-hybridized carbons (Fsp3) is 0.100. The van der Waals surface area contributed by atoms with Gasteiger partial charge < -0.3 is 4.42 Å². The van der Waals surface area contributed by atoms with Crippen molar-refractivity contribution < 1.29 is 4.42 Å². The standard InChI is InChI=1S/C30H26ClNOPS.HI/c1-2-22-35-30-29(32-28(33-30)23-18-20-24(31)21-19-23)34(25-12-6-3-7-13-25,26-14-8-4-9-15-26)27-16-10-5-11-17-27;/h3-21H,2,22H2,1H3;1H/q+1;. The third-order valence-corrected chi connectivity index (χ3v) is 11.6. The topological polar surface area (TPSA) is 26.0 Å². The molecular weight excluding hydrogens is 616 g/mol. The molecule has 0 aliphatic heterocycles. The number of benzene rings is 4. The maximum absolute atomic E-state index is 6.55. The molecule has 5 aromatic rings. The maximum Gasteiger partial charge on any atom is 0.251 e. The normalized spacial score (nSPS) is 11.2. The summed E-state index contributed by atoms with van der Waals surface area (Å²) in [5.41, 5.74) is 1.94. The molecule has 0 unspecified atom stereocenters.